The van der Waals surface area contributed by atoms with Crippen LogP contribution < -0.4 is 0 Å². The number of nitrogens with zero attached hydrogens (tertiary/aromatic N) is 4. The number of aromatic nitrogens is 3. The lowest BCUT2D eigenvalue weighted by molar-refractivity contribution is -0.106. The lowest BCUT2D eigenvalue weighted by Crippen LogP contribution is -2.51. The maximum absolute atomic E-state index is 11.7. The van der Waals surface area contributed by atoms with Crippen LogP contribution >= 0.6 is 23.2 Å². The fraction of sp³-hybridized carbons (Fsp3) is 0.316. The molecule has 0 spiro atoms. The minimum absolute atomic E-state index is 0.300. The van der Waals surface area contributed by atoms with Crippen molar-refractivity contribution >= 4 is 40.3 Å². The molecule has 1 aliphatic heterocycles. The van der Waals surface area contributed by atoms with Crippen LogP contribution in [0.3, 0.4) is 0 Å². The first-order valence-corrected chi connectivity index (χ1v) is 9.44. The summed E-state index contributed by atoms with van der Waals surface area (Å²) in [5.74, 6) is 0. The highest BCUT2D eigenvalue weighted by molar-refractivity contribution is 6.36. The molecule has 1 aromatic carbocycles. The molecule has 0 saturated carbocycles. The third-order valence-corrected chi connectivity index (χ3v) is 5.42. The molecule has 1 fully saturated rings. The van der Waals surface area contributed by atoms with Crippen molar-refractivity contribution in [2.24, 2.45) is 0 Å². The Kier molecular flexibility index (Phi) is 4.69. The van der Waals surface area contributed by atoms with E-state index in [1.807, 2.05) is 38.1 Å². The topological polar surface area (TPSA) is 80.5 Å². The van der Waals surface area contributed by atoms with Gasteiger partial charge in [-0.3, -0.25) is 9.47 Å². The van der Waals surface area contributed by atoms with Crippen molar-refractivity contribution in [3.05, 3.63) is 52.5 Å². The number of amides is 1. The van der Waals surface area contributed by atoms with Crippen molar-refractivity contribution in [3.8, 4) is 5.69 Å². The van der Waals surface area contributed by atoms with Gasteiger partial charge in [-0.2, -0.15) is 0 Å². The van der Waals surface area contributed by atoms with Gasteiger partial charge in [-0.25, -0.2) is 14.8 Å². The first-order chi connectivity index (χ1) is 13.3. The predicted molar refractivity (Wildman–Crippen MR) is 106 cm³/mol. The molecule has 1 saturated heterocycles. The highest BCUT2D eigenvalue weighted by Crippen LogP contribution is 2.33. The van der Waals surface area contributed by atoms with Gasteiger partial charge in [0.2, 0.25) is 0 Å². The zero-order chi connectivity index (χ0) is 20.1. The van der Waals surface area contributed by atoms with Crippen LogP contribution in [0.25, 0.3) is 16.7 Å². The number of ether oxygens (including phenoxy) is 1. The van der Waals surface area contributed by atoms with Gasteiger partial charge < -0.3 is 9.84 Å². The summed E-state index contributed by atoms with van der Waals surface area (Å²) in [7, 11) is 0. The van der Waals surface area contributed by atoms with Crippen LogP contribution in [-0.4, -0.2) is 49.4 Å². The van der Waals surface area contributed by atoms with Gasteiger partial charge >= 0.3 is 6.09 Å². The van der Waals surface area contributed by atoms with Crippen molar-refractivity contribution in [2.45, 2.75) is 25.5 Å². The SMILES string of the molecule is CC1(C)CN(C(=O)O)[C@@H](c2ccc(-n3c(Cl)cc4c(Cl)ncnc43)cc2)CO1. The molecular formula is C19H18Cl2N4O3. The van der Waals surface area contributed by atoms with Crippen LogP contribution in [0.5, 0.6) is 0 Å². The largest absolute Gasteiger partial charge is 0.465 e. The smallest absolute Gasteiger partial charge is 0.407 e. The lowest BCUT2D eigenvalue weighted by Gasteiger charge is -2.42. The number of hydrogen-bond acceptors (Lipinski definition) is 4. The molecule has 1 amide bonds. The first kappa shape index (κ1) is 19.0. The molecule has 28 heavy (non-hydrogen) atoms. The van der Waals surface area contributed by atoms with E-state index in [-0.39, 0.29) is 6.04 Å². The van der Waals surface area contributed by atoms with Gasteiger partial charge in [0, 0.05) is 5.69 Å². The number of rotatable bonds is 2. The van der Waals surface area contributed by atoms with Gasteiger partial charge in [0.05, 0.1) is 30.2 Å². The van der Waals surface area contributed by atoms with Gasteiger partial charge in [0.15, 0.2) is 5.65 Å². The van der Waals surface area contributed by atoms with Gasteiger partial charge in [0.25, 0.3) is 0 Å². The van der Waals surface area contributed by atoms with Crippen LogP contribution in [0.15, 0.2) is 36.7 Å². The summed E-state index contributed by atoms with van der Waals surface area (Å²) < 4.78 is 7.61. The Balaban J connectivity index is 1.69. The van der Waals surface area contributed by atoms with Gasteiger partial charge in [-0.1, -0.05) is 35.3 Å². The van der Waals surface area contributed by atoms with E-state index in [0.29, 0.717) is 34.5 Å². The molecule has 1 aliphatic rings. The fourth-order valence-corrected chi connectivity index (χ4v) is 3.95. The molecule has 3 aromatic rings. The van der Waals surface area contributed by atoms with Crippen LogP contribution in [0, 0.1) is 0 Å². The summed E-state index contributed by atoms with van der Waals surface area (Å²) in [6.07, 6.45) is 0.425. The van der Waals surface area contributed by atoms with Gasteiger partial charge in [-0.05, 0) is 37.6 Å². The summed E-state index contributed by atoms with van der Waals surface area (Å²) in [5.41, 5.74) is 1.73. The van der Waals surface area contributed by atoms with Crippen LogP contribution in [0.4, 0.5) is 4.79 Å². The van der Waals surface area contributed by atoms with Crippen molar-refractivity contribution in [2.75, 3.05) is 13.2 Å². The van der Waals surface area contributed by atoms with Gasteiger partial charge in [-0.15, -0.1) is 0 Å². The van der Waals surface area contributed by atoms with E-state index in [0.717, 1.165) is 11.3 Å². The number of carboxylic acid groups (broad SMARTS) is 1. The van der Waals surface area contributed by atoms with E-state index in [1.165, 1.54) is 11.2 Å². The maximum Gasteiger partial charge on any atom is 0.407 e. The average Bonchev–Trinajstić information content (AvgIpc) is 2.99. The summed E-state index contributed by atoms with van der Waals surface area (Å²) in [5, 5.41) is 11.1. The molecule has 1 N–H and O–H groups in total. The molecule has 9 heteroatoms. The minimum Gasteiger partial charge on any atom is -0.465 e. The Morgan fingerprint density at radius 2 is 1.96 bits per heavy atom. The van der Waals surface area contributed by atoms with E-state index < -0.39 is 11.7 Å². The second-order valence-electron chi connectivity index (χ2n) is 7.29. The molecule has 2 aromatic heterocycles. The summed E-state index contributed by atoms with van der Waals surface area (Å²) in [6.45, 7) is 4.37. The Morgan fingerprint density at radius 1 is 1.25 bits per heavy atom. The number of morpholine rings is 1. The lowest BCUT2D eigenvalue weighted by atomic mass is 9.99. The van der Waals surface area contributed by atoms with E-state index in [4.69, 9.17) is 27.9 Å². The van der Waals surface area contributed by atoms with E-state index >= 15 is 0 Å². The Hall–Kier alpha value is -2.35. The van der Waals surface area contributed by atoms with Crippen molar-refractivity contribution in [3.63, 3.8) is 0 Å². The van der Waals surface area contributed by atoms with E-state index in [9.17, 15) is 9.90 Å². The molecule has 4 rings (SSSR count). The zero-order valence-electron chi connectivity index (χ0n) is 15.3. The normalized spacial score (nSPS) is 19.1. The summed E-state index contributed by atoms with van der Waals surface area (Å²) in [6, 6.07) is 8.85. The summed E-state index contributed by atoms with van der Waals surface area (Å²) >= 11 is 12.5. The van der Waals surface area contributed by atoms with Gasteiger partial charge in [0.1, 0.15) is 16.6 Å². The standard InChI is InChI=1S/C19H18Cl2N4O3/c1-19(2)9-24(18(26)27)14(8-28-19)11-3-5-12(6-4-11)25-15(20)7-13-16(21)22-10-23-17(13)25/h3-7,10,14H,8-9H2,1-2H3,(H,26,27)/t14-/m1/s1. The van der Waals surface area contributed by atoms with Crippen molar-refractivity contribution < 1.29 is 14.6 Å². The number of hydrogen-bond donors (Lipinski definition) is 1. The van der Waals surface area contributed by atoms with Crippen LogP contribution in [0.2, 0.25) is 10.3 Å². The van der Waals surface area contributed by atoms with Crippen LogP contribution in [0.1, 0.15) is 25.5 Å². The number of benzene rings is 1. The average molecular weight is 421 g/mol. The first-order valence-electron chi connectivity index (χ1n) is 8.68. The monoisotopic (exact) mass is 420 g/mol. The molecule has 7 nitrogen and oxygen atoms in total. The zero-order valence-corrected chi connectivity index (χ0v) is 16.8. The fourth-order valence-electron chi connectivity index (χ4n) is 3.48. The predicted octanol–water partition coefficient (Wildman–Crippen LogP) is 4.56. The highest BCUT2D eigenvalue weighted by atomic mass is 35.5. The van der Waals surface area contributed by atoms with Crippen molar-refractivity contribution in [1.29, 1.82) is 0 Å². The van der Waals surface area contributed by atoms with Crippen LogP contribution in [-0.2, 0) is 4.74 Å². The molecule has 1 atom stereocenters. The molecule has 3 heterocycles. The summed E-state index contributed by atoms with van der Waals surface area (Å²) in [4.78, 5) is 21.4. The quantitative estimate of drug-likeness (QED) is 0.614. The van der Waals surface area contributed by atoms with E-state index in [1.54, 1.807) is 10.6 Å². The Morgan fingerprint density at radius 3 is 2.64 bits per heavy atom. The number of fused-ring (bicyclic) bond motifs is 1. The van der Waals surface area contributed by atoms with Crippen molar-refractivity contribution in [1.82, 2.24) is 19.4 Å². The highest BCUT2D eigenvalue weighted by Gasteiger charge is 2.37. The third kappa shape index (κ3) is 3.30. The van der Waals surface area contributed by atoms with E-state index in [2.05, 4.69) is 9.97 Å². The molecule has 0 unspecified atom stereocenters. The molecular weight excluding hydrogens is 403 g/mol. The number of carbonyl (C=O) groups is 1. The second kappa shape index (κ2) is 6.92. The Bertz CT molecular complexity index is 1050. The minimum atomic E-state index is -0.962. The second-order valence-corrected chi connectivity index (χ2v) is 8.04. The molecule has 146 valence electrons. The molecule has 0 bridgehead atoms. The maximum atomic E-state index is 11.7. The number of halogens is 2. The molecule has 0 radical (unpaired) electrons. The third-order valence-electron chi connectivity index (χ3n) is 4.84. The molecule has 0 aliphatic carbocycles. The Labute approximate surface area is 171 Å².